The van der Waals surface area contributed by atoms with E-state index in [0.29, 0.717) is 17.1 Å². The minimum atomic E-state index is -1.55. The topological polar surface area (TPSA) is 174 Å². The van der Waals surface area contributed by atoms with Gasteiger partial charge in [0.1, 0.15) is 22.8 Å². The molecular weight excluding hydrogens is 566 g/mol. The van der Waals surface area contributed by atoms with Crippen LogP contribution in [0.2, 0.25) is 0 Å². The summed E-state index contributed by atoms with van der Waals surface area (Å²) in [4.78, 5) is 52.2. The van der Waals surface area contributed by atoms with Gasteiger partial charge in [-0.25, -0.2) is 14.8 Å². The average molecular weight is 586 g/mol. The van der Waals surface area contributed by atoms with Crippen LogP contribution in [0.1, 0.15) is 5.69 Å². The van der Waals surface area contributed by atoms with Crippen molar-refractivity contribution in [3.05, 3.63) is 53.1 Å². The van der Waals surface area contributed by atoms with Crippen molar-refractivity contribution in [2.45, 2.75) is 16.4 Å². The van der Waals surface area contributed by atoms with Gasteiger partial charge in [-0.3, -0.25) is 18.9 Å². The van der Waals surface area contributed by atoms with E-state index in [-0.39, 0.29) is 29.0 Å². The predicted molar refractivity (Wildman–Crippen MR) is 145 cm³/mol. The number of hydrogen-bond acceptors (Lipinski definition) is 12. The summed E-state index contributed by atoms with van der Waals surface area (Å²) < 4.78 is 6.97. The molecule has 2 aliphatic rings. The van der Waals surface area contributed by atoms with Gasteiger partial charge in [-0.2, -0.15) is 0 Å². The number of carboxylic acid groups (broad SMARTS) is 1. The fraction of sp³-hybridized carbons (Fsp3) is 0.217. The number of aromatic nitrogens is 3. The van der Waals surface area contributed by atoms with Crippen molar-refractivity contribution in [2.75, 3.05) is 23.8 Å². The fourth-order valence-corrected chi connectivity index (χ4v) is 6.87. The van der Waals surface area contributed by atoms with Crippen molar-refractivity contribution in [3.8, 4) is 12.3 Å². The monoisotopic (exact) mass is 585 g/mol. The predicted octanol–water partition coefficient (Wildman–Crippen LogP) is 1.83. The minimum Gasteiger partial charge on any atom is -0.449 e. The Hall–Kier alpha value is -4.20. The number of carbonyl (C=O) groups is 3. The van der Waals surface area contributed by atoms with E-state index >= 15 is 0 Å². The molecule has 39 heavy (non-hydrogen) atoms. The van der Waals surface area contributed by atoms with Gasteiger partial charge >= 0.3 is 6.16 Å². The zero-order chi connectivity index (χ0) is 27.5. The lowest BCUT2D eigenvalue weighted by Crippen LogP contribution is -2.70. The van der Waals surface area contributed by atoms with E-state index < -0.39 is 29.4 Å². The van der Waals surface area contributed by atoms with Crippen molar-refractivity contribution < 1.29 is 29.1 Å². The molecule has 13 nitrogen and oxygen atoms in total. The van der Waals surface area contributed by atoms with E-state index in [4.69, 9.17) is 21.7 Å². The summed E-state index contributed by atoms with van der Waals surface area (Å²) in [5.41, 5.74) is 7.05. The number of anilines is 1. The molecule has 0 aromatic carbocycles. The molecule has 4 N–H and O–H groups in total. The van der Waals surface area contributed by atoms with E-state index in [9.17, 15) is 19.5 Å². The molecule has 2 amide bonds. The van der Waals surface area contributed by atoms with E-state index in [2.05, 4.69) is 26.4 Å². The Morgan fingerprint density at radius 3 is 3.00 bits per heavy atom. The van der Waals surface area contributed by atoms with E-state index in [1.807, 2.05) is 28.8 Å². The number of pyridine rings is 1. The van der Waals surface area contributed by atoms with Crippen LogP contribution in [0, 0.1) is 12.3 Å². The molecular formula is C23H19N7O6S3. The number of nitrogens with one attached hydrogen (secondary N) is 1. The summed E-state index contributed by atoms with van der Waals surface area (Å²) >= 11 is 3.93. The number of nitrogens with zero attached hydrogens (tertiary/aromatic N) is 5. The first-order valence-electron chi connectivity index (χ1n) is 11.2. The van der Waals surface area contributed by atoms with Crippen LogP contribution in [-0.4, -0.2) is 77.6 Å². The highest BCUT2D eigenvalue weighted by Crippen LogP contribution is 2.42. The molecule has 16 heteroatoms. The summed E-state index contributed by atoms with van der Waals surface area (Å²) in [7, 11) is 0. The Morgan fingerprint density at radius 1 is 1.41 bits per heavy atom. The Kier molecular flexibility index (Phi) is 7.63. The maximum Gasteiger partial charge on any atom is 0.512 e. The second-order valence-corrected chi connectivity index (χ2v) is 10.9. The van der Waals surface area contributed by atoms with Gasteiger partial charge in [-0.15, -0.1) is 41.3 Å². The summed E-state index contributed by atoms with van der Waals surface area (Å²) in [5.74, 6) is 1.68. The zero-order valence-electron chi connectivity index (χ0n) is 19.8. The number of fused-ring (bicyclic) bond motifs is 2. The number of carbonyl (C=O) groups excluding carboxylic acids is 2. The lowest BCUT2D eigenvalue weighted by molar-refractivity contribution is -0.148. The van der Waals surface area contributed by atoms with Crippen LogP contribution in [0.5, 0.6) is 0 Å². The summed E-state index contributed by atoms with van der Waals surface area (Å²) in [6, 6.07) is 4.70. The van der Waals surface area contributed by atoms with Crippen LogP contribution in [0.15, 0.2) is 57.6 Å². The number of β-lactam (4-membered cyclic amide) rings is 1. The average Bonchev–Trinajstić information content (AvgIpc) is 3.57. The number of terminal acetylenes is 1. The molecule has 3 aromatic heterocycles. The second-order valence-electron chi connectivity index (χ2n) is 7.93. The fourth-order valence-electron chi connectivity index (χ4n) is 3.85. The number of oxime groups is 1. The standard InChI is InChI=1S/C23H19N7O6S3/c1-2-8-35-28-16(13-11-39-22(24)26-13)18(31)27-17-19(32)30-20(36-23(33)34)12(10-38-21(17)30)9-37-15-5-3-4-14-25-6-7-29(14)15/h1,3-7,11,17,21H,8-10H2,(H2,24,26)(H,27,31)(H,33,34)/b28-16-/t17-,21+/m1/s1. The van der Waals surface area contributed by atoms with Crippen molar-refractivity contribution in [1.82, 2.24) is 24.6 Å². The van der Waals surface area contributed by atoms with Crippen molar-refractivity contribution in [1.29, 1.82) is 0 Å². The van der Waals surface area contributed by atoms with Gasteiger partial charge in [-0.05, 0) is 12.1 Å². The Bertz CT molecular complexity index is 1560. The van der Waals surface area contributed by atoms with Gasteiger partial charge in [0.25, 0.3) is 11.8 Å². The first-order chi connectivity index (χ1) is 18.9. The molecule has 0 bridgehead atoms. The van der Waals surface area contributed by atoms with Crippen molar-refractivity contribution in [3.63, 3.8) is 0 Å². The van der Waals surface area contributed by atoms with Crippen LogP contribution in [0.25, 0.3) is 5.65 Å². The van der Waals surface area contributed by atoms with Crippen LogP contribution < -0.4 is 11.1 Å². The molecule has 5 rings (SSSR count). The number of thioether (sulfide) groups is 2. The zero-order valence-corrected chi connectivity index (χ0v) is 22.3. The van der Waals surface area contributed by atoms with Crippen molar-refractivity contribution >= 4 is 69.3 Å². The normalized spacial score (nSPS) is 18.8. The summed E-state index contributed by atoms with van der Waals surface area (Å²) in [5, 5.41) is 17.8. The molecule has 0 unspecified atom stereocenters. The largest absolute Gasteiger partial charge is 0.512 e. The highest BCUT2D eigenvalue weighted by molar-refractivity contribution is 8.01. The summed E-state index contributed by atoms with van der Waals surface area (Å²) in [6.45, 7) is -0.179. The first-order valence-corrected chi connectivity index (χ1v) is 14.1. The van der Waals surface area contributed by atoms with Crippen LogP contribution in [-0.2, 0) is 19.2 Å². The number of nitrogens with two attached hydrogens (primary N) is 1. The van der Waals surface area contributed by atoms with Gasteiger partial charge in [-0.1, -0.05) is 17.1 Å². The van der Waals surface area contributed by atoms with Crippen LogP contribution in [0.4, 0.5) is 9.93 Å². The molecule has 2 atom stereocenters. The number of hydrogen-bond donors (Lipinski definition) is 3. The molecule has 1 fully saturated rings. The summed E-state index contributed by atoms with van der Waals surface area (Å²) in [6.07, 6.45) is 7.14. The van der Waals surface area contributed by atoms with E-state index in [1.54, 1.807) is 6.20 Å². The van der Waals surface area contributed by atoms with Gasteiger partial charge < -0.3 is 25.7 Å². The third-order valence-corrected chi connectivity index (χ3v) is 8.67. The van der Waals surface area contributed by atoms with Gasteiger partial charge in [0.2, 0.25) is 5.88 Å². The Labute approximate surface area is 233 Å². The molecule has 200 valence electrons. The highest BCUT2D eigenvalue weighted by atomic mass is 32.2. The minimum absolute atomic E-state index is 0.0504. The molecule has 0 radical (unpaired) electrons. The second kappa shape index (κ2) is 11.3. The van der Waals surface area contributed by atoms with Crippen LogP contribution in [0.3, 0.4) is 0 Å². The molecule has 0 spiro atoms. The molecule has 3 aromatic rings. The number of nitrogen functional groups attached to an aromatic ring is 1. The van der Waals surface area contributed by atoms with Crippen LogP contribution >= 0.6 is 34.9 Å². The van der Waals surface area contributed by atoms with Crippen molar-refractivity contribution in [2.24, 2.45) is 5.16 Å². The van der Waals surface area contributed by atoms with Gasteiger partial charge in [0.15, 0.2) is 17.5 Å². The Balaban J connectivity index is 1.33. The van der Waals surface area contributed by atoms with E-state index in [0.717, 1.165) is 22.0 Å². The van der Waals surface area contributed by atoms with Gasteiger partial charge in [0, 0.05) is 34.9 Å². The quantitative estimate of drug-likeness (QED) is 0.0636. The lowest BCUT2D eigenvalue weighted by atomic mass is 10.1. The highest BCUT2D eigenvalue weighted by Gasteiger charge is 2.54. The first kappa shape index (κ1) is 26.4. The number of imidazole rings is 1. The smallest absolute Gasteiger partial charge is 0.449 e. The molecule has 2 aliphatic heterocycles. The van der Waals surface area contributed by atoms with E-state index in [1.165, 1.54) is 33.8 Å². The maximum absolute atomic E-state index is 13.1. The molecule has 0 aliphatic carbocycles. The lowest BCUT2D eigenvalue weighted by Gasteiger charge is -2.49. The third-order valence-electron chi connectivity index (χ3n) is 5.53. The number of thiazole rings is 1. The number of ether oxygens (including phenoxy) is 1. The number of amides is 2. The molecule has 0 saturated carbocycles. The molecule has 5 heterocycles. The molecule has 1 saturated heterocycles. The Morgan fingerprint density at radius 2 is 2.26 bits per heavy atom. The number of rotatable bonds is 9. The third kappa shape index (κ3) is 5.37. The maximum atomic E-state index is 13.1. The van der Waals surface area contributed by atoms with Gasteiger partial charge in [0.05, 0.1) is 5.03 Å². The SMILES string of the molecule is C#CCO/N=C(\C(=O)N[C@@H]1C(=O)N2C(OC(=O)O)=C(CSc3cccc4nccn34)CS[C@@H]12)c1csc(N)n1.